The Morgan fingerprint density at radius 3 is 2.52 bits per heavy atom. The average Bonchev–Trinajstić information content (AvgIpc) is 2.69. The summed E-state index contributed by atoms with van der Waals surface area (Å²) in [6.45, 7) is 9.17. The van der Waals surface area contributed by atoms with Crippen molar-refractivity contribution in [2.45, 2.75) is 40.3 Å². The maximum absolute atomic E-state index is 13.2. The van der Waals surface area contributed by atoms with Gasteiger partial charge in [0.15, 0.2) is 5.43 Å². The molecule has 3 rings (SSSR count). The number of nitrogens with zero attached hydrogens (tertiary/aromatic N) is 1. The molecule has 27 heavy (non-hydrogen) atoms. The first-order valence-corrected chi connectivity index (χ1v) is 9.67. The average molecular weight is 364 g/mol. The van der Waals surface area contributed by atoms with E-state index in [-0.39, 0.29) is 5.43 Å². The molecule has 0 atom stereocenters. The van der Waals surface area contributed by atoms with Crippen LogP contribution in [-0.2, 0) is 13.1 Å². The third-order valence-electron chi connectivity index (χ3n) is 4.84. The summed E-state index contributed by atoms with van der Waals surface area (Å²) in [7, 11) is 0. The first kappa shape index (κ1) is 19.2. The van der Waals surface area contributed by atoms with Crippen LogP contribution in [0.2, 0.25) is 0 Å². The molecule has 0 fully saturated rings. The summed E-state index contributed by atoms with van der Waals surface area (Å²) in [6.07, 6.45) is 0.943. The number of aromatic amines is 1. The van der Waals surface area contributed by atoms with Gasteiger partial charge in [0.05, 0.1) is 6.61 Å². The molecule has 0 saturated carbocycles. The minimum Gasteiger partial charge on any atom is -0.494 e. The fourth-order valence-electron chi connectivity index (χ4n) is 3.28. The Morgan fingerprint density at radius 1 is 1.04 bits per heavy atom. The fourth-order valence-corrected chi connectivity index (χ4v) is 3.28. The Balaban J connectivity index is 1.91. The quantitative estimate of drug-likeness (QED) is 0.633. The molecule has 0 bridgehead atoms. The molecular weight excluding hydrogens is 336 g/mol. The van der Waals surface area contributed by atoms with Crippen LogP contribution in [0.1, 0.15) is 37.1 Å². The van der Waals surface area contributed by atoms with Crippen molar-refractivity contribution in [1.82, 2.24) is 9.88 Å². The van der Waals surface area contributed by atoms with Crippen molar-refractivity contribution in [3.63, 3.8) is 0 Å². The first-order chi connectivity index (χ1) is 13.1. The number of hydrogen-bond donors (Lipinski definition) is 1. The van der Waals surface area contributed by atoms with Crippen LogP contribution in [0, 0.1) is 6.92 Å². The van der Waals surface area contributed by atoms with E-state index in [0.29, 0.717) is 18.5 Å². The van der Waals surface area contributed by atoms with Crippen LogP contribution in [0.4, 0.5) is 0 Å². The van der Waals surface area contributed by atoms with Crippen LogP contribution in [0.25, 0.3) is 10.9 Å². The molecule has 4 nitrogen and oxygen atoms in total. The molecule has 2 aromatic carbocycles. The SMILES string of the molecule is CCCOc1ccc2[nH]c(C)c(CN(CC)Cc3ccccc3)c(=O)c2c1. The molecule has 0 saturated heterocycles. The number of fused-ring (bicyclic) bond motifs is 1. The van der Waals surface area contributed by atoms with Gasteiger partial charge in [-0.1, -0.05) is 44.2 Å². The van der Waals surface area contributed by atoms with Crippen molar-refractivity contribution in [2.24, 2.45) is 0 Å². The first-order valence-electron chi connectivity index (χ1n) is 9.67. The summed E-state index contributed by atoms with van der Waals surface area (Å²) < 4.78 is 5.71. The highest BCUT2D eigenvalue weighted by molar-refractivity contribution is 5.81. The molecule has 4 heteroatoms. The van der Waals surface area contributed by atoms with E-state index in [0.717, 1.165) is 42.0 Å². The lowest BCUT2D eigenvalue weighted by Crippen LogP contribution is -2.27. The van der Waals surface area contributed by atoms with Gasteiger partial charge in [0, 0.05) is 35.2 Å². The molecule has 1 heterocycles. The summed E-state index contributed by atoms with van der Waals surface area (Å²) in [5, 5.41) is 0.694. The number of benzene rings is 2. The van der Waals surface area contributed by atoms with Crippen molar-refractivity contribution in [3.8, 4) is 5.75 Å². The van der Waals surface area contributed by atoms with E-state index in [1.807, 2.05) is 31.2 Å². The van der Waals surface area contributed by atoms with E-state index in [1.165, 1.54) is 5.56 Å². The summed E-state index contributed by atoms with van der Waals surface area (Å²) >= 11 is 0. The Labute approximate surface area is 160 Å². The van der Waals surface area contributed by atoms with Gasteiger partial charge in [-0.15, -0.1) is 0 Å². The van der Waals surface area contributed by atoms with Crippen LogP contribution in [0.3, 0.4) is 0 Å². The Kier molecular flexibility index (Phi) is 6.30. The van der Waals surface area contributed by atoms with Crippen LogP contribution in [0.15, 0.2) is 53.3 Å². The minimum absolute atomic E-state index is 0.0923. The molecular formula is C23H28N2O2. The van der Waals surface area contributed by atoms with Gasteiger partial charge in [-0.05, 0) is 43.7 Å². The van der Waals surface area contributed by atoms with Crippen molar-refractivity contribution < 1.29 is 4.74 Å². The summed E-state index contributed by atoms with van der Waals surface area (Å²) in [6, 6.07) is 16.1. The largest absolute Gasteiger partial charge is 0.494 e. The molecule has 0 aliphatic rings. The molecule has 1 aromatic heterocycles. The summed E-state index contributed by atoms with van der Waals surface area (Å²) in [5.74, 6) is 0.751. The molecule has 3 aromatic rings. The summed E-state index contributed by atoms with van der Waals surface area (Å²) in [4.78, 5) is 18.9. The van der Waals surface area contributed by atoms with E-state index < -0.39 is 0 Å². The van der Waals surface area contributed by atoms with Gasteiger partial charge in [0.2, 0.25) is 0 Å². The monoisotopic (exact) mass is 364 g/mol. The van der Waals surface area contributed by atoms with Gasteiger partial charge in [-0.25, -0.2) is 0 Å². The number of H-pyrrole nitrogens is 1. The van der Waals surface area contributed by atoms with Crippen molar-refractivity contribution in [1.29, 1.82) is 0 Å². The smallest absolute Gasteiger partial charge is 0.194 e. The van der Waals surface area contributed by atoms with Crippen molar-refractivity contribution in [2.75, 3.05) is 13.2 Å². The molecule has 0 unspecified atom stereocenters. The standard InChI is InChI=1S/C23H28N2O2/c1-4-13-27-19-11-12-22-20(14-19)23(26)21(17(3)24-22)16-25(5-2)15-18-9-7-6-8-10-18/h6-12,14H,4-5,13,15-16H2,1-3H3,(H,24,26). The maximum Gasteiger partial charge on any atom is 0.194 e. The van der Waals surface area contributed by atoms with Crippen molar-refractivity contribution >= 4 is 10.9 Å². The van der Waals surface area contributed by atoms with Gasteiger partial charge >= 0.3 is 0 Å². The molecule has 1 N–H and O–H groups in total. The molecule has 0 radical (unpaired) electrons. The minimum atomic E-state index is 0.0923. The van der Waals surface area contributed by atoms with Gasteiger partial charge < -0.3 is 9.72 Å². The Hall–Kier alpha value is -2.59. The van der Waals surface area contributed by atoms with E-state index in [1.54, 1.807) is 0 Å². The van der Waals surface area contributed by atoms with E-state index in [9.17, 15) is 4.79 Å². The molecule has 0 aliphatic heterocycles. The van der Waals surface area contributed by atoms with Gasteiger partial charge in [-0.2, -0.15) is 0 Å². The lowest BCUT2D eigenvalue weighted by molar-refractivity contribution is 0.270. The van der Waals surface area contributed by atoms with E-state index in [4.69, 9.17) is 4.74 Å². The molecule has 0 spiro atoms. The zero-order valence-electron chi connectivity index (χ0n) is 16.4. The number of pyridine rings is 1. The normalized spacial score (nSPS) is 11.3. The maximum atomic E-state index is 13.2. The van der Waals surface area contributed by atoms with E-state index in [2.05, 4.69) is 48.0 Å². The zero-order chi connectivity index (χ0) is 19.2. The zero-order valence-corrected chi connectivity index (χ0v) is 16.4. The highest BCUT2D eigenvalue weighted by Gasteiger charge is 2.14. The number of aryl methyl sites for hydroxylation is 1. The predicted octanol–water partition coefficient (Wildman–Crippen LogP) is 4.65. The highest BCUT2D eigenvalue weighted by Crippen LogP contribution is 2.20. The highest BCUT2D eigenvalue weighted by atomic mass is 16.5. The number of nitrogens with one attached hydrogen (secondary N) is 1. The van der Waals surface area contributed by atoms with Crippen LogP contribution in [0.5, 0.6) is 5.75 Å². The third kappa shape index (κ3) is 4.58. The van der Waals surface area contributed by atoms with Gasteiger partial charge in [0.1, 0.15) is 5.75 Å². The molecule has 0 amide bonds. The van der Waals surface area contributed by atoms with Gasteiger partial charge in [0.25, 0.3) is 0 Å². The lowest BCUT2D eigenvalue weighted by atomic mass is 10.1. The number of ether oxygens (including phenoxy) is 1. The van der Waals surface area contributed by atoms with Crippen LogP contribution in [-0.4, -0.2) is 23.0 Å². The van der Waals surface area contributed by atoms with Crippen molar-refractivity contribution in [3.05, 3.63) is 75.6 Å². The molecule has 142 valence electrons. The van der Waals surface area contributed by atoms with Crippen LogP contribution >= 0.6 is 0 Å². The van der Waals surface area contributed by atoms with Crippen LogP contribution < -0.4 is 10.2 Å². The second-order valence-electron chi connectivity index (χ2n) is 6.90. The summed E-state index contributed by atoms with van der Waals surface area (Å²) in [5.41, 5.74) is 3.96. The number of aromatic nitrogens is 1. The third-order valence-corrected chi connectivity index (χ3v) is 4.84. The van der Waals surface area contributed by atoms with Gasteiger partial charge in [-0.3, -0.25) is 9.69 Å². The second-order valence-corrected chi connectivity index (χ2v) is 6.90. The second kappa shape index (κ2) is 8.87. The topological polar surface area (TPSA) is 45.3 Å². The fraction of sp³-hybridized carbons (Fsp3) is 0.348. The van der Waals surface area contributed by atoms with E-state index >= 15 is 0 Å². The lowest BCUT2D eigenvalue weighted by Gasteiger charge is -2.21. The predicted molar refractivity (Wildman–Crippen MR) is 111 cm³/mol. The molecule has 0 aliphatic carbocycles. The Bertz CT molecular complexity index is 948. The Morgan fingerprint density at radius 2 is 1.81 bits per heavy atom. The number of rotatable bonds is 8. The number of hydrogen-bond acceptors (Lipinski definition) is 3.